The number of fused-ring (bicyclic) bond motifs is 5. The molecule has 0 saturated heterocycles. The average Bonchev–Trinajstić information content (AvgIpc) is 3.37. The van der Waals surface area contributed by atoms with Crippen LogP contribution in [0, 0.1) is 46.3 Å². The highest BCUT2D eigenvalue weighted by Crippen LogP contribution is 2.67. The minimum atomic E-state index is 0.0462. The van der Waals surface area contributed by atoms with E-state index in [4.69, 9.17) is 4.74 Å². The predicted molar refractivity (Wildman–Crippen MR) is 193 cm³/mol. The molecule has 0 N–H and O–H groups in total. The van der Waals surface area contributed by atoms with Gasteiger partial charge in [0.25, 0.3) is 0 Å². The molecule has 3 saturated carbocycles. The Balaban J connectivity index is 1.16. The molecule has 0 amide bonds. The molecular weight excluding hydrogens is 548 g/mol. The maximum absolute atomic E-state index is 12.8. The van der Waals surface area contributed by atoms with Crippen LogP contribution in [0.15, 0.2) is 36.0 Å². The third-order valence-corrected chi connectivity index (χ3v) is 13.4. The van der Waals surface area contributed by atoms with Crippen molar-refractivity contribution in [2.75, 3.05) is 0 Å². The van der Waals surface area contributed by atoms with Crippen molar-refractivity contribution in [3.05, 3.63) is 36.0 Å². The van der Waals surface area contributed by atoms with Gasteiger partial charge in [0.15, 0.2) is 0 Å². The van der Waals surface area contributed by atoms with Crippen LogP contribution < -0.4 is 0 Å². The number of allylic oxidation sites excluding steroid dienone is 5. The molecular formula is C43H72O2. The van der Waals surface area contributed by atoms with E-state index in [1.807, 2.05) is 0 Å². The maximum Gasteiger partial charge on any atom is 0.306 e. The molecule has 4 aliphatic carbocycles. The van der Waals surface area contributed by atoms with Crippen molar-refractivity contribution in [3.8, 4) is 0 Å². The molecule has 0 aliphatic heterocycles. The highest BCUT2D eigenvalue weighted by molar-refractivity contribution is 5.69. The molecule has 0 aromatic rings. The van der Waals surface area contributed by atoms with E-state index in [0.29, 0.717) is 17.3 Å². The SMILES string of the molecule is CCC/C=C\C/C=C\CCCCCCCC(=O)OC1CCC2(C)C(=CCC3C2CCC2(C)C(C(C)CCCC(C)C)CCC32)C1. The van der Waals surface area contributed by atoms with Crippen molar-refractivity contribution >= 4 is 5.97 Å². The Bertz CT molecular complexity index is 988. The van der Waals surface area contributed by atoms with Crippen LogP contribution in [-0.4, -0.2) is 12.1 Å². The van der Waals surface area contributed by atoms with E-state index >= 15 is 0 Å². The van der Waals surface area contributed by atoms with Gasteiger partial charge in [-0.3, -0.25) is 4.79 Å². The summed E-state index contributed by atoms with van der Waals surface area (Å²) in [6.07, 6.45) is 37.6. The van der Waals surface area contributed by atoms with Crippen LogP contribution in [0.25, 0.3) is 0 Å². The predicted octanol–water partition coefficient (Wildman–Crippen LogP) is 13.0. The molecule has 0 radical (unpaired) electrons. The van der Waals surface area contributed by atoms with Gasteiger partial charge in [-0.25, -0.2) is 0 Å². The van der Waals surface area contributed by atoms with Crippen molar-refractivity contribution in [2.45, 2.75) is 182 Å². The fourth-order valence-corrected chi connectivity index (χ4v) is 10.7. The van der Waals surface area contributed by atoms with Crippen molar-refractivity contribution in [1.29, 1.82) is 0 Å². The lowest BCUT2D eigenvalue weighted by Crippen LogP contribution is -2.51. The molecule has 3 fully saturated rings. The van der Waals surface area contributed by atoms with Crippen molar-refractivity contribution in [3.63, 3.8) is 0 Å². The monoisotopic (exact) mass is 621 g/mol. The van der Waals surface area contributed by atoms with E-state index in [9.17, 15) is 4.79 Å². The van der Waals surface area contributed by atoms with Gasteiger partial charge < -0.3 is 4.74 Å². The summed E-state index contributed by atoms with van der Waals surface area (Å²) in [5, 5.41) is 0. The average molecular weight is 621 g/mol. The minimum absolute atomic E-state index is 0.0462. The van der Waals surface area contributed by atoms with Gasteiger partial charge in [-0.15, -0.1) is 0 Å². The number of carbonyl (C=O) groups is 1. The molecule has 0 spiro atoms. The zero-order chi connectivity index (χ0) is 32.3. The lowest BCUT2D eigenvalue weighted by molar-refractivity contribution is -0.151. The van der Waals surface area contributed by atoms with Crippen molar-refractivity contribution in [1.82, 2.24) is 0 Å². The van der Waals surface area contributed by atoms with Gasteiger partial charge in [0.2, 0.25) is 0 Å². The first-order valence-electron chi connectivity index (χ1n) is 19.9. The molecule has 8 atom stereocenters. The van der Waals surface area contributed by atoms with Gasteiger partial charge in [-0.1, -0.05) is 122 Å². The zero-order valence-electron chi connectivity index (χ0n) is 30.6. The number of hydrogen-bond donors (Lipinski definition) is 0. The first kappa shape index (κ1) is 36.5. The minimum Gasteiger partial charge on any atom is -0.462 e. The summed E-state index contributed by atoms with van der Waals surface area (Å²) in [6, 6.07) is 0. The fourth-order valence-electron chi connectivity index (χ4n) is 10.7. The first-order chi connectivity index (χ1) is 21.7. The number of carbonyl (C=O) groups excluding carboxylic acids is 1. The third-order valence-electron chi connectivity index (χ3n) is 13.4. The van der Waals surface area contributed by atoms with Gasteiger partial charge in [0.05, 0.1) is 0 Å². The van der Waals surface area contributed by atoms with Crippen LogP contribution in [0.1, 0.15) is 176 Å². The van der Waals surface area contributed by atoms with Crippen LogP contribution in [0.4, 0.5) is 0 Å². The van der Waals surface area contributed by atoms with Crippen LogP contribution in [0.2, 0.25) is 0 Å². The molecule has 256 valence electrons. The molecule has 2 heteroatoms. The van der Waals surface area contributed by atoms with Gasteiger partial charge in [0, 0.05) is 12.8 Å². The third kappa shape index (κ3) is 9.63. The van der Waals surface area contributed by atoms with Crippen LogP contribution in [0.3, 0.4) is 0 Å². The van der Waals surface area contributed by atoms with Crippen molar-refractivity contribution < 1.29 is 9.53 Å². The Labute approximate surface area is 279 Å². The quantitative estimate of drug-likeness (QED) is 0.0865. The Morgan fingerprint density at radius 2 is 1.62 bits per heavy atom. The van der Waals surface area contributed by atoms with Crippen LogP contribution >= 0.6 is 0 Å². The zero-order valence-corrected chi connectivity index (χ0v) is 30.6. The van der Waals surface area contributed by atoms with Gasteiger partial charge in [-0.05, 0) is 123 Å². The second kappa shape index (κ2) is 17.7. The standard InChI is InChI=1S/C43H72O2/c1-7-8-9-10-11-12-13-14-15-16-17-18-19-23-41(44)45-36-28-30-42(5)35(32-36)24-25-37-39-27-26-38(34(4)22-20-21-33(2)3)43(39,6)31-29-40(37)42/h9-10,12-13,24,33-34,36-40H,7-8,11,14-23,25-32H2,1-6H3/b10-9-,13-12-. The molecule has 45 heavy (non-hydrogen) atoms. The second-order valence-electron chi connectivity index (χ2n) is 16.9. The summed E-state index contributed by atoms with van der Waals surface area (Å²) in [4.78, 5) is 12.8. The Kier molecular flexibility index (Phi) is 14.4. The summed E-state index contributed by atoms with van der Waals surface area (Å²) in [5.41, 5.74) is 2.52. The molecule has 0 heterocycles. The molecule has 4 aliphatic rings. The number of esters is 1. The fraction of sp³-hybridized carbons (Fsp3) is 0.837. The summed E-state index contributed by atoms with van der Waals surface area (Å²) in [5.74, 6) is 5.30. The summed E-state index contributed by atoms with van der Waals surface area (Å²) in [7, 11) is 0. The molecule has 4 rings (SSSR count). The Morgan fingerprint density at radius 3 is 2.40 bits per heavy atom. The molecule has 0 aromatic heterocycles. The molecule has 8 unspecified atom stereocenters. The van der Waals surface area contributed by atoms with Crippen LogP contribution in [0.5, 0.6) is 0 Å². The highest BCUT2D eigenvalue weighted by Gasteiger charge is 2.59. The topological polar surface area (TPSA) is 26.3 Å². The largest absolute Gasteiger partial charge is 0.462 e. The number of rotatable bonds is 18. The van der Waals surface area contributed by atoms with E-state index in [2.05, 4.69) is 71.9 Å². The van der Waals surface area contributed by atoms with E-state index < -0.39 is 0 Å². The van der Waals surface area contributed by atoms with E-state index in [1.165, 1.54) is 96.3 Å². The van der Waals surface area contributed by atoms with Gasteiger partial charge >= 0.3 is 5.97 Å². The molecule has 2 nitrogen and oxygen atoms in total. The molecule has 0 aromatic carbocycles. The number of ether oxygens (including phenoxy) is 1. The van der Waals surface area contributed by atoms with E-state index in [-0.39, 0.29) is 12.1 Å². The summed E-state index contributed by atoms with van der Waals surface area (Å²) >= 11 is 0. The Hall–Kier alpha value is -1.31. The van der Waals surface area contributed by atoms with E-state index in [1.54, 1.807) is 5.57 Å². The maximum atomic E-state index is 12.8. The smallest absolute Gasteiger partial charge is 0.306 e. The van der Waals surface area contributed by atoms with Crippen molar-refractivity contribution in [2.24, 2.45) is 46.3 Å². The number of hydrogen-bond acceptors (Lipinski definition) is 2. The van der Waals surface area contributed by atoms with E-state index in [0.717, 1.165) is 67.6 Å². The first-order valence-corrected chi connectivity index (χ1v) is 19.9. The summed E-state index contributed by atoms with van der Waals surface area (Å²) in [6.45, 7) is 14.9. The van der Waals surface area contributed by atoms with Gasteiger partial charge in [-0.2, -0.15) is 0 Å². The summed E-state index contributed by atoms with van der Waals surface area (Å²) < 4.78 is 6.11. The lowest BCUT2D eigenvalue weighted by atomic mass is 9.47. The lowest BCUT2D eigenvalue weighted by Gasteiger charge is -2.58. The normalized spacial score (nSPS) is 33.7. The molecule has 0 bridgehead atoms. The van der Waals surface area contributed by atoms with Gasteiger partial charge in [0.1, 0.15) is 6.10 Å². The highest BCUT2D eigenvalue weighted by atomic mass is 16.5. The Morgan fingerprint density at radius 1 is 0.867 bits per heavy atom. The van der Waals surface area contributed by atoms with Crippen LogP contribution in [-0.2, 0) is 9.53 Å². The number of unbranched alkanes of at least 4 members (excludes halogenated alkanes) is 6. The second-order valence-corrected chi connectivity index (χ2v) is 16.9.